The molecule has 0 amide bonds. The number of nitrogens with zero attached hydrogens (tertiary/aromatic N) is 3. The number of aromatic nitrogens is 2. The van der Waals surface area contributed by atoms with Crippen LogP contribution in [0.4, 0.5) is 5.82 Å². The van der Waals surface area contributed by atoms with Crippen molar-refractivity contribution in [3.8, 4) is 0 Å². The summed E-state index contributed by atoms with van der Waals surface area (Å²) in [5, 5.41) is 0. The lowest BCUT2D eigenvalue weighted by molar-refractivity contribution is 0.729. The first-order valence-corrected chi connectivity index (χ1v) is 5.47. The third-order valence-electron chi connectivity index (χ3n) is 2.60. The molecule has 1 atom stereocenters. The Hall–Kier alpha value is -1.55. The number of fused-ring (bicyclic) bond motifs is 1. The summed E-state index contributed by atoms with van der Waals surface area (Å²) in [7, 11) is 4.06. The number of anilines is 1. The van der Waals surface area contributed by atoms with Crippen LogP contribution in [0.5, 0.6) is 0 Å². The van der Waals surface area contributed by atoms with Gasteiger partial charge in [-0.05, 0) is 19.1 Å². The summed E-state index contributed by atoms with van der Waals surface area (Å²) in [5.41, 5.74) is 8.02. The number of pyridine rings is 1. The van der Waals surface area contributed by atoms with Crippen LogP contribution in [0.1, 0.15) is 12.6 Å². The van der Waals surface area contributed by atoms with Gasteiger partial charge < -0.3 is 10.6 Å². The summed E-state index contributed by atoms with van der Waals surface area (Å²) in [6, 6.07) is 6.35. The lowest BCUT2D eigenvalue weighted by Gasteiger charge is -2.14. The molecule has 1 unspecified atom stereocenters. The predicted octanol–water partition coefficient (Wildman–Crippen LogP) is 1.29. The standard InChI is InChI=1S/C12H18N4/c1-9(13)7-10-11-5-4-6-12(15(2)3)16(11)8-14-10/h4-6,8-9H,7,13H2,1-3H3. The fraction of sp³-hybridized carbons (Fsp3) is 0.417. The zero-order valence-corrected chi connectivity index (χ0v) is 10.0. The van der Waals surface area contributed by atoms with Crippen LogP contribution < -0.4 is 10.6 Å². The molecule has 0 saturated heterocycles. The second-order valence-corrected chi connectivity index (χ2v) is 4.41. The number of hydrogen-bond donors (Lipinski definition) is 1. The number of hydrogen-bond acceptors (Lipinski definition) is 3. The highest BCUT2D eigenvalue weighted by atomic mass is 15.2. The van der Waals surface area contributed by atoms with Crippen LogP contribution in [0, 0.1) is 0 Å². The minimum atomic E-state index is 0.140. The maximum atomic E-state index is 5.81. The van der Waals surface area contributed by atoms with E-state index in [9.17, 15) is 0 Å². The normalized spacial score (nSPS) is 13.0. The van der Waals surface area contributed by atoms with Crippen LogP contribution >= 0.6 is 0 Å². The number of rotatable bonds is 3. The van der Waals surface area contributed by atoms with E-state index in [2.05, 4.69) is 32.5 Å². The van der Waals surface area contributed by atoms with Gasteiger partial charge in [0.1, 0.15) is 12.1 Å². The molecule has 0 saturated carbocycles. The molecule has 0 spiro atoms. The van der Waals surface area contributed by atoms with Gasteiger partial charge in [0.05, 0.1) is 11.2 Å². The van der Waals surface area contributed by atoms with E-state index in [1.165, 1.54) is 0 Å². The number of imidazole rings is 1. The van der Waals surface area contributed by atoms with Gasteiger partial charge in [-0.2, -0.15) is 0 Å². The maximum absolute atomic E-state index is 5.81. The van der Waals surface area contributed by atoms with E-state index >= 15 is 0 Å². The van der Waals surface area contributed by atoms with Crippen LogP contribution in [-0.4, -0.2) is 29.5 Å². The van der Waals surface area contributed by atoms with E-state index < -0.39 is 0 Å². The molecule has 86 valence electrons. The van der Waals surface area contributed by atoms with Crippen molar-refractivity contribution in [2.24, 2.45) is 5.73 Å². The van der Waals surface area contributed by atoms with Crippen molar-refractivity contribution in [3.05, 3.63) is 30.2 Å². The third kappa shape index (κ3) is 1.88. The predicted molar refractivity (Wildman–Crippen MR) is 66.9 cm³/mol. The third-order valence-corrected chi connectivity index (χ3v) is 2.60. The van der Waals surface area contributed by atoms with Crippen molar-refractivity contribution in [2.45, 2.75) is 19.4 Å². The van der Waals surface area contributed by atoms with Crippen LogP contribution in [0.15, 0.2) is 24.5 Å². The first-order valence-electron chi connectivity index (χ1n) is 5.47. The van der Waals surface area contributed by atoms with E-state index in [1.54, 1.807) is 0 Å². The summed E-state index contributed by atoms with van der Waals surface area (Å²) in [5.74, 6) is 1.13. The Labute approximate surface area is 95.7 Å². The molecule has 2 heterocycles. The lowest BCUT2D eigenvalue weighted by Crippen LogP contribution is -2.18. The minimum absolute atomic E-state index is 0.140. The Kier molecular flexibility index (Phi) is 2.83. The molecule has 0 aliphatic carbocycles. The molecule has 0 aliphatic heterocycles. The smallest absolute Gasteiger partial charge is 0.113 e. The maximum Gasteiger partial charge on any atom is 0.113 e. The SMILES string of the molecule is CC(N)Cc1ncn2c(N(C)C)cccc12. The summed E-state index contributed by atoms with van der Waals surface area (Å²) in [4.78, 5) is 6.51. The Morgan fingerprint density at radius 1 is 1.44 bits per heavy atom. The van der Waals surface area contributed by atoms with Crippen molar-refractivity contribution >= 4 is 11.3 Å². The van der Waals surface area contributed by atoms with Crippen LogP contribution in [0.3, 0.4) is 0 Å². The van der Waals surface area contributed by atoms with Crippen LogP contribution in [-0.2, 0) is 6.42 Å². The molecule has 0 aromatic carbocycles. The fourth-order valence-electron chi connectivity index (χ4n) is 1.89. The average molecular weight is 218 g/mol. The molecule has 4 nitrogen and oxygen atoms in total. The molecule has 0 fully saturated rings. The first kappa shape index (κ1) is 11.0. The van der Waals surface area contributed by atoms with Crippen molar-refractivity contribution < 1.29 is 0 Å². The Morgan fingerprint density at radius 2 is 2.19 bits per heavy atom. The van der Waals surface area contributed by atoms with Gasteiger partial charge in [0.25, 0.3) is 0 Å². The van der Waals surface area contributed by atoms with E-state index in [-0.39, 0.29) is 6.04 Å². The zero-order chi connectivity index (χ0) is 11.7. The molecule has 2 aromatic rings. The second kappa shape index (κ2) is 4.14. The lowest BCUT2D eigenvalue weighted by atomic mass is 10.2. The summed E-state index contributed by atoms with van der Waals surface area (Å²) in [6.07, 6.45) is 2.68. The Bertz CT molecular complexity index is 485. The van der Waals surface area contributed by atoms with E-state index in [4.69, 9.17) is 5.73 Å². The van der Waals surface area contributed by atoms with Crippen molar-refractivity contribution in [2.75, 3.05) is 19.0 Å². The van der Waals surface area contributed by atoms with Crippen molar-refractivity contribution in [1.82, 2.24) is 9.38 Å². The molecule has 2 rings (SSSR count). The second-order valence-electron chi connectivity index (χ2n) is 4.41. The summed E-state index contributed by atoms with van der Waals surface area (Å²) in [6.45, 7) is 2.00. The molecule has 4 heteroatoms. The molecule has 0 radical (unpaired) electrons. The molecule has 2 N–H and O–H groups in total. The van der Waals surface area contributed by atoms with Gasteiger partial charge in [-0.15, -0.1) is 0 Å². The van der Waals surface area contributed by atoms with Crippen molar-refractivity contribution in [3.63, 3.8) is 0 Å². The molecule has 0 bridgehead atoms. The van der Waals surface area contributed by atoms with Crippen LogP contribution in [0.25, 0.3) is 5.52 Å². The first-order chi connectivity index (χ1) is 7.59. The zero-order valence-electron chi connectivity index (χ0n) is 10.0. The van der Waals surface area contributed by atoms with Gasteiger partial charge >= 0.3 is 0 Å². The van der Waals surface area contributed by atoms with Gasteiger partial charge in [-0.1, -0.05) is 6.07 Å². The van der Waals surface area contributed by atoms with E-state index in [0.717, 1.165) is 23.4 Å². The van der Waals surface area contributed by atoms with Gasteiger partial charge in [-0.3, -0.25) is 4.40 Å². The van der Waals surface area contributed by atoms with Gasteiger partial charge in [0, 0.05) is 26.6 Å². The van der Waals surface area contributed by atoms with E-state index in [0.29, 0.717) is 0 Å². The molecule has 16 heavy (non-hydrogen) atoms. The highest BCUT2D eigenvalue weighted by molar-refractivity contribution is 5.58. The average Bonchev–Trinajstić information content (AvgIpc) is 2.60. The minimum Gasteiger partial charge on any atom is -0.364 e. The van der Waals surface area contributed by atoms with E-state index in [1.807, 2.05) is 27.3 Å². The molecule has 2 aromatic heterocycles. The van der Waals surface area contributed by atoms with Gasteiger partial charge in [-0.25, -0.2) is 4.98 Å². The Morgan fingerprint density at radius 3 is 2.81 bits per heavy atom. The highest BCUT2D eigenvalue weighted by Gasteiger charge is 2.09. The highest BCUT2D eigenvalue weighted by Crippen LogP contribution is 2.18. The van der Waals surface area contributed by atoms with Crippen molar-refractivity contribution in [1.29, 1.82) is 0 Å². The largest absolute Gasteiger partial charge is 0.364 e. The fourth-order valence-corrected chi connectivity index (χ4v) is 1.89. The topological polar surface area (TPSA) is 46.6 Å². The summed E-state index contributed by atoms with van der Waals surface area (Å²) < 4.78 is 2.09. The Balaban J connectivity index is 2.52. The molecular formula is C12H18N4. The molecular weight excluding hydrogens is 200 g/mol. The van der Waals surface area contributed by atoms with Crippen LogP contribution in [0.2, 0.25) is 0 Å². The monoisotopic (exact) mass is 218 g/mol. The van der Waals surface area contributed by atoms with Gasteiger partial charge in [0.2, 0.25) is 0 Å². The molecule has 0 aliphatic rings. The number of nitrogens with two attached hydrogens (primary N) is 1. The summed E-state index contributed by atoms with van der Waals surface area (Å²) >= 11 is 0. The quantitative estimate of drug-likeness (QED) is 0.844. The van der Waals surface area contributed by atoms with Gasteiger partial charge in [0.15, 0.2) is 0 Å².